The van der Waals surface area contributed by atoms with Gasteiger partial charge >= 0.3 is 0 Å². The molecule has 1 aromatic carbocycles. The summed E-state index contributed by atoms with van der Waals surface area (Å²) < 4.78 is 0. The Labute approximate surface area is 102 Å². The molecule has 0 fully saturated rings. The Morgan fingerprint density at radius 2 is 2.22 bits per heavy atom. The number of aromatic amines is 2. The number of hydrogen-bond donors (Lipinski definition) is 3. The van der Waals surface area contributed by atoms with E-state index in [-0.39, 0.29) is 5.91 Å². The first-order valence-corrected chi connectivity index (χ1v) is 5.49. The molecular formula is C12H11N5O. The molecule has 18 heavy (non-hydrogen) atoms. The Kier molecular flexibility index (Phi) is 2.33. The minimum atomic E-state index is -0.150. The van der Waals surface area contributed by atoms with Crippen LogP contribution in [0.2, 0.25) is 0 Å². The Hall–Kier alpha value is -2.63. The lowest BCUT2D eigenvalue weighted by atomic mass is 10.1. The zero-order valence-corrected chi connectivity index (χ0v) is 9.69. The van der Waals surface area contributed by atoms with E-state index < -0.39 is 0 Å². The molecule has 0 bridgehead atoms. The van der Waals surface area contributed by atoms with E-state index in [2.05, 4.69) is 25.5 Å². The second kappa shape index (κ2) is 3.99. The molecule has 3 aromatic rings. The fourth-order valence-corrected chi connectivity index (χ4v) is 1.82. The second-order valence-corrected chi connectivity index (χ2v) is 3.97. The van der Waals surface area contributed by atoms with Gasteiger partial charge in [-0.25, -0.2) is 4.98 Å². The van der Waals surface area contributed by atoms with Crippen molar-refractivity contribution in [2.24, 2.45) is 0 Å². The SMILES string of the molecule is CC(=O)Nc1nc2ccc(-c3ccn[nH]3)cc2[nH]1. The molecule has 0 atom stereocenters. The average Bonchev–Trinajstić information content (AvgIpc) is 2.94. The number of amides is 1. The lowest BCUT2D eigenvalue weighted by molar-refractivity contribution is -0.114. The van der Waals surface area contributed by atoms with Crippen LogP contribution >= 0.6 is 0 Å². The number of imidazole rings is 1. The molecule has 0 aliphatic heterocycles. The number of fused-ring (bicyclic) bond motifs is 1. The van der Waals surface area contributed by atoms with E-state index in [1.165, 1.54) is 6.92 Å². The maximum atomic E-state index is 11.0. The number of benzene rings is 1. The van der Waals surface area contributed by atoms with E-state index in [0.717, 1.165) is 22.3 Å². The number of carbonyl (C=O) groups excluding carboxylic acids is 1. The van der Waals surface area contributed by atoms with Crippen LogP contribution in [0.4, 0.5) is 5.95 Å². The van der Waals surface area contributed by atoms with Crippen molar-refractivity contribution in [2.75, 3.05) is 5.32 Å². The number of rotatable bonds is 2. The molecule has 3 N–H and O–H groups in total. The number of nitrogens with zero attached hydrogens (tertiary/aromatic N) is 2. The summed E-state index contributed by atoms with van der Waals surface area (Å²) in [4.78, 5) is 18.3. The van der Waals surface area contributed by atoms with Gasteiger partial charge in [-0.2, -0.15) is 5.10 Å². The molecule has 90 valence electrons. The van der Waals surface area contributed by atoms with Gasteiger partial charge in [0.25, 0.3) is 0 Å². The number of anilines is 1. The van der Waals surface area contributed by atoms with Gasteiger partial charge in [0.05, 0.1) is 16.7 Å². The van der Waals surface area contributed by atoms with Crippen LogP contribution in [0.25, 0.3) is 22.3 Å². The molecule has 0 unspecified atom stereocenters. The van der Waals surface area contributed by atoms with Gasteiger partial charge in [0, 0.05) is 18.7 Å². The van der Waals surface area contributed by atoms with Crippen LogP contribution in [0.1, 0.15) is 6.92 Å². The van der Waals surface area contributed by atoms with Crippen molar-refractivity contribution in [2.45, 2.75) is 6.92 Å². The first kappa shape index (κ1) is 10.5. The molecular weight excluding hydrogens is 230 g/mol. The highest BCUT2D eigenvalue weighted by Gasteiger charge is 2.06. The monoisotopic (exact) mass is 241 g/mol. The lowest BCUT2D eigenvalue weighted by Gasteiger charge is -1.96. The van der Waals surface area contributed by atoms with Crippen LogP contribution in [0.5, 0.6) is 0 Å². The van der Waals surface area contributed by atoms with Crippen LogP contribution in [-0.4, -0.2) is 26.1 Å². The van der Waals surface area contributed by atoms with Gasteiger partial charge in [-0.3, -0.25) is 15.2 Å². The summed E-state index contributed by atoms with van der Waals surface area (Å²) in [5, 5.41) is 9.44. The first-order chi connectivity index (χ1) is 8.72. The van der Waals surface area contributed by atoms with Gasteiger partial charge in [0.1, 0.15) is 0 Å². The van der Waals surface area contributed by atoms with Crippen LogP contribution in [-0.2, 0) is 4.79 Å². The van der Waals surface area contributed by atoms with E-state index in [4.69, 9.17) is 0 Å². The summed E-state index contributed by atoms with van der Waals surface area (Å²) in [5.74, 6) is 0.308. The van der Waals surface area contributed by atoms with E-state index in [9.17, 15) is 4.79 Å². The standard InChI is InChI=1S/C12H11N5O/c1-7(18)14-12-15-10-3-2-8(6-11(10)16-12)9-4-5-13-17-9/h2-6H,1H3,(H,13,17)(H2,14,15,16,18). The highest BCUT2D eigenvalue weighted by Crippen LogP contribution is 2.22. The van der Waals surface area contributed by atoms with Crippen LogP contribution in [0, 0.1) is 0 Å². The van der Waals surface area contributed by atoms with Crippen molar-refractivity contribution in [3.05, 3.63) is 30.5 Å². The third-order valence-electron chi connectivity index (χ3n) is 2.59. The highest BCUT2D eigenvalue weighted by atomic mass is 16.1. The van der Waals surface area contributed by atoms with E-state index in [0.29, 0.717) is 5.95 Å². The summed E-state index contributed by atoms with van der Waals surface area (Å²) in [6, 6.07) is 7.70. The molecule has 0 saturated heterocycles. The fraction of sp³-hybridized carbons (Fsp3) is 0.0833. The minimum absolute atomic E-state index is 0.150. The van der Waals surface area contributed by atoms with Crippen LogP contribution in [0.15, 0.2) is 30.5 Å². The van der Waals surface area contributed by atoms with Gasteiger partial charge in [0.15, 0.2) is 0 Å². The molecule has 2 aromatic heterocycles. The number of hydrogen-bond acceptors (Lipinski definition) is 3. The summed E-state index contributed by atoms with van der Waals surface area (Å²) in [7, 11) is 0. The highest BCUT2D eigenvalue weighted by molar-refractivity contribution is 5.90. The van der Waals surface area contributed by atoms with E-state index in [1.54, 1.807) is 6.20 Å². The van der Waals surface area contributed by atoms with Gasteiger partial charge in [-0.1, -0.05) is 6.07 Å². The molecule has 0 saturated carbocycles. The third-order valence-corrected chi connectivity index (χ3v) is 2.59. The Balaban J connectivity index is 2.04. The van der Waals surface area contributed by atoms with Crippen molar-refractivity contribution in [1.29, 1.82) is 0 Å². The normalized spacial score (nSPS) is 10.7. The quantitative estimate of drug-likeness (QED) is 0.640. The number of nitrogens with one attached hydrogen (secondary N) is 3. The lowest BCUT2D eigenvalue weighted by Crippen LogP contribution is -2.06. The Bertz CT molecular complexity index is 698. The number of carbonyl (C=O) groups is 1. The summed E-state index contributed by atoms with van der Waals surface area (Å²) in [6.07, 6.45) is 1.70. The van der Waals surface area contributed by atoms with E-state index in [1.807, 2.05) is 24.3 Å². The smallest absolute Gasteiger partial charge is 0.223 e. The molecule has 1 amide bonds. The van der Waals surface area contributed by atoms with Crippen LogP contribution < -0.4 is 5.32 Å². The van der Waals surface area contributed by atoms with Gasteiger partial charge in [-0.15, -0.1) is 0 Å². The van der Waals surface area contributed by atoms with Crippen LogP contribution in [0.3, 0.4) is 0 Å². The first-order valence-electron chi connectivity index (χ1n) is 5.49. The minimum Gasteiger partial charge on any atom is -0.324 e. The number of H-pyrrole nitrogens is 2. The molecule has 0 spiro atoms. The van der Waals surface area contributed by atoms with Crippen molar-refractivity contribution in [3.63, 3.8) is 0 Å². The molecule has 0 radical (unpaired) electrons. The van der Waals surface area contributed by atoms with Crippen molar-refractivity contribution in [3.8, 4) is 11.3 Å². The third kappa shape index (κ3) is 1.84. The summed E-state index contributed by atoms with van der Waals surface area (Å²) in [5.41, 5.74) is 3.62. The molecule has 3 rings (SSSR count). The molecule has 6 heteroatoms. The predicted octanol–water partition coefficient (Wildman–Crippen LogP) is 1.91. The predicted molar refractivity (Wildman–Crippen MR) is 68.0 cm³/mol. The number of aromatic nitrogens is 4. The fourth-order valence-electron chi connectivity index (χ4n) is 1.82. The molecule has 2 heterocycles. The van der Waals surface area contributed by atoms with Gasteiger partial charge in [-0.05, 0) is 18.2 Å². The Morgan fingerprint density at radius 3 is 2.94 bits per heavy atom. The zero-order chi connectivity index (χ0) is 12.5. The van der Waals surface area contributed by atoms with Crippen molar-refractivity contribution in [1.82, 2.24) is 20.2 Å². The van der Waals surface area contributed by atoms with E-state index >= 15 is 0 Å². The maximum absolute atomic E-state index is 11.0. The maximum Gasteiger partial charge on any atom is 0.223 e. The summed E-state index contributed by atoms with van der Waals surface area (Å²) >= 11 is 0. The van der Waals surface area contributed by atoms with Crippen molar-refractivity contribution >= 4 is 22.9 Å². The second-order valence-electron chi connectivity index (χ2n) is 3.97. The molecule has 6 nitrogen and oxygen atoms in total. The molecule has 0 aliphatic carbocycles. The largest absolute Gasteiger partial charge is 0.324 e. The molecule has 0 aliphatic rings. The average molecular weight is 241 g/mol. The summed E-state index contributed by atoms with van der Waals surface area (Å²) in [6.45, 7) is 1.45. The Morgan fingerprint density at radius 1 is 1.33 bits per heavy atom. The zero-order valence-electron chi connectivity index (χ0n) is 9.69. The van der Waals surface area contributed by atoms with Gasteiger partial charge < -0.3 is 4.98 Å². The van der Waals surface area contributed by atoms with Crippen molar-refractivity contribution < 1.29 is 4.79 Å². The van der Waals surface area contributed by atoms with Gasteiger partial charge in [0.2, 0.25) is 11.9 Å². The topological polar surface area (TPSA) is 86.5 Å².